The van der Waals surface area contributed by atoms with E-state index in [1.807, 2.05) is 44.2 Å². The van der Waals surface area contributed by atoms with Crippen LogP contribution in [0.25, 0.3) is 5.69 Å². The van der Waals surface area contributed by atoms with Gasteiger partial charge in [-0.15, -0.1) is 10.2 Å². The minimum Gasteiger partial charge on any atom is -0.497 e. The van der Waals surface area contributed by atoms with Gasteiger partial charge in [0.2, 0.25) is 0 Å². The number of carbonyl (C=O) groups excluding carboxylic acids is 1. The summed E-state index contributed by atoms with van der Waals surface area (Å²) in [5, 5.41) is 9.77. The van der Waals surface area contributed by atoms with Gasteiger partial charge in [0.05, 0.1) is 12.9 Å². The van der Waals surface area contributed by atoms with E-state index in [9.17, 15) is 4.79 Å². The molecule has 2 fully saturated rings. The first-order chi connectivity index (χ1) is 14.6. The van der Waals surface area contributed by atoms with Crippen molar-refractivity contribution in [3.63, 3.8) is 0 Å². The number of nitrogens with zero attached hydrogens (tertiary/aromatic N) is 4. The van der Waals surface area contributed by atoms with Gasteiger partial charge in [-0.25, -0.2) is 0 Å². The largest absolute Gasteiger partial charge is 0.497 e. The molecule has 2 saturated carbocycles. The number of rotatable bonds is 8. The molecule has 2 aromatic heterocycles. The summed E-state index contributed by atoms with van der Waals surface area (Å²) in [6.07, 6.45) is 4.82. The fourth-order valence-electron chi connectivity index (χ4n) is 4.06. The Kier molecular flexibility index (Phi) is 4.93. The molecule has 2 aliphatic carbocycles. The minimum atomic E-state index is 0.131. The van der Waals surface area contributed by atoms with Crippen molar-refractivity contribution in [3.05, 3.63) is 53.1 Å². The quantitative estimate of drug-likeness (QED) is 0.382. The van der Waals surface area contributed by atoms with Crippen LogP contribution < -0.4 is 4.74 Å². The fraction of sp³-hybridized carbons (Fsp3) is 0.435. The van der Waals surface area contributed by atoms with Gasteiger partial charge in [0.15, 0.2) is 10.9 Å². The van der Waals surface area contributed by atoms with Crippen molar-refractivity contribution in [3.8, 4) is 11.4 Å². The summed E-state index contributed by atoms with van der Waals surface area (Å²) in [5.74, 6) is 3.03. The fourth-order valence-corrected chi connectivity index (χ4v) is 4.96. The number of aromatic nitrogens is 4. The van der Waals surface area contributed by atoms with Crippen LogP contribution in [0, 0.1) is 13.8 Å². The molecule has 0 amide bonds. The molecular formula is C23H26N4O2S. The highest BCUT2D eigenvalue weighted by molar-refractivity contribution is 7.99. The third-order valence-electron chi connectivity index (χ3n) is 5.94. The van der Waals surface area contributed by atoms with Crippen molar-refractivity contribution >= 4 is 17.5 Å². The average molecular weight is 423 g/mol. The van der Waals surface area contributed by atoms with Crippen LogP contribution in [-0.4, -0.2) is 38.0 Å². The zero-order chi connectivity index (χ0) is 20.8. The Hall–Kier alpha value is -2.54. The van der Waals surface area contributed by atoms with Crippen LogP contribution in [0.2, 0.25) is 0 Å². The highest BCUT2D eigenvalue weighted by Gasteiger charge is 2.36. The Labute approximate surface area is 180 Å². The zero-order valence-corrected chi connectivity index (χ0v) is 18.4. The minimum absolute atomic E-state index is 0.131. The molecule has 0 unspecified atom stereocenters. The van der Waals surface area contributed by atoms with Gasteiger partial charge in [0, 0.05) is 34.6 Å². The van der Waals surface area contributed by atoms with Gasteiger partial charge in [0.25, 0.3) is 0 Å². The van der Waals surface area contributed by atoms with Crippen molar-refractivity contribution in [2.24, 2.45) is 0 Å². The normalized spacial score (nSPS) is 16.1. The second kappa shape index (κ2) is 7.61. The lowest BCUT2D eigenvalue weighted by atomic mass is 10.2. The Balaban J connectivity index is 1.35. The molecule has 156 valence electrons. The van der Waals surface area contributed by atoms with Crippen LogP contribution in [0.1, 0.15) is 65.2 Å². The number of methoxy groups -OCH3 is 1. The Morgan fingerprint density at radius 1 is 1.13 bits per heavy atom. The maximum atomic E-state index is 13.1. The summed E-state index contributed by atoms with van der Waals surface area (Å²) in [7, 11) is 1.66. The van der Waals surface area contributed by atoms with E-state index in [0.717, 1.165) is 39.4 Å². The first kappa shape index (κ1) is 19.4. The molecule has 2 aliphatic rings. The summed E-state index contributed by atoms with van der Waals surface area (Å²) in [4.78, 5) is 13.1. The monoisotopic (exact) mass is 422 g/mol. The molecule has 5 rings (SSSR count). The number of hydrogen-bond donors (Lipinski definition) is 0. The van der Waals surface area contributed by atoms with Crippen LogP contribution in [0.5, 0.6) is 5.75 Å². The molecule has 0 spiro atoms. The van der Waals surface area contributed by atoms with Gasteiger partial charge in [0.1, 0.15) is 11.6 Å². The molecule has 30 heavy (non-hydrogen) atoms. The number of thioether (sulfide) groups is 1. The predicted octanol–water partition coefficient (Wildman–Crippen LogP) is 4.88. The standard InChI is InChI=1S/C23H26N4O2S/c1-14-12-20(15(2)26(14)17-8-10-19(29-3)11-9-17)21(28)13-30-23-25-24-22(16-4-5-16)27(23)18-6-7-18/h8-12,16,18H,4-7,13H2,1-3H3. The number of benzene rings is 1. The van der Waals surface area contributed by atoms with Crippen LogP contribution in [0.4, 0.5) is 0 Å². The van der Waals surface area contributed by atoms with Gasteiger partial charge < -0.3 is 13.9 Å². The number of ketones is 1. The lowest BCUT2D eigenvalue weighted by Crippen LogP contribution is -2.07. The Bertz CT molecular complexity index is 1090. The van der Waals surface area contributed by atoms with E-state index in [2.05, 4.69) is 19.3 Å². The highest BCUT2D eigenvalue weighted by atomic mass is 32.2. The molecule has 0 radical (unpaired) electrons. The van der Waals surface area contributed by atoms with Gasteiger partial charge in [-0.2, -0.15) is 0 Å². The summed E-state index contributed by atoms with van der Waals surface area (Å²) in [6.45, 7) is 4.04. The van der Waals surface area contributed by atoms with Crippen molar-refractivity contribution in [2.45, 2.75) is 56.6 Å². The van der Waals surface area contributed by atoms with Crippen molar-refractivity contribution in [1.29, 1.82) is 0 Å². The molecule has 0 N–H and O–H groups in total. The molecule has 1 aromatic carbocycles. The van der Waals surface area contributed by atoms with Gasteiger partial charge >= 0.3 is 0 Å². The van der Waals surface area contributed by atoms with E-state index in [1.165, 1.54) is 37.4 Å². The van der Waals surface area contributed by atoms with Crippen LogP contribution in [-0.2, 0) is 0 Å². The smallest absolute Gasteiger partial charge is 0.191 e. The molecule has 0 aliphatic heterocycles. The number of ether oxygens (including phenoxy) is 1. The molecule has 7 heteroatoms. The summed E-state index contributed by atoms with van der Waals surface area (Å²) < 4.78 is 9.68. The van der Waals surface area contributed by atoms with Gasteiger partial charge in [-0.05, 0) is 69.9 Å². The van der Waals surface area contributed by atoms with E-state index in [0.29, 0.717) is 17.7 Å². The molecule has 3 aromatic rings. The molecule has 6 nitrogen and oxygen atoms in total. The van der Waals surface area contributed by atoms with E-state index in [4.69, 9.17) is 4.74 Å². The maximum Gasteiger partial charge on any atom is 0.191 e. The van der Waals surface area contributed by atoms with Crippen molar-refractivity contribution < 1.29 is 9.53 Å². The van der Waals surface area contributed by atoms with Crippen LogP contribution in [0.15, 0.2) is 35.5 Å². The Morgan fingerprint density at radius 3 is 2.50 bits per heavy atom. The van der Waals surface area contributed by atoms with E-state index >= 15 is 0 Å². The molecular weight excluding hydrogens is 396 g/mol. The van der Waals surface area contributed by atoms with Gasteiger partial charge in [-0.1, -0.05) is 11.8 Å². The van der Waals surface area contributed by atoms with E-state index in [1.54, 1.807) is 7.11 Å². The highest BCUT2D eigenvalue weighted by Crippen LogP contribution is 2.46. The second-order valence-electron chi connectivity index (χ2n) is 8.25. The Morgan fingerprint density at radius 2 is 1.87 bits per heavy atom. The topological polar surface area (TPSA) is 61.9 Å². The summed E-state index contributed by atoms with van der Waals surface area (Å²) >= 11 is 1.52. The molecule has 0 saturated heterocycles. The van der Waals surface area contributed by atoms with E-state index < -0.39 is 0 Å². The number of aryl methyl sites for hydroxylation is 1. The average Bonchev–Trinajstić information content (AvgIpc) is 3.69. The summed E-state index contributed by atoms with van der Waals surface area (Å²) in [6, 6.07) is 10.4. The molecule has 0 bridgehead atoms. The van der Waals surface area contributed by atoms with Crippen LogP contribution >= 0.6 is 11.8 Å². The SMILES string of the molecule is COc1ccc(-n2c(C)cc(C(=O)CSc3nnc(C4CC4)n3C3CC3)c2C)cc1. The van der Waals surface area contributed by atoms with Crippen LogP contribution in [0.3, 0.4) is 0 Å². The van der Waals surface area contributed by atoms with Crippen molar-refractivity contribution in [2.75, 3.05) is 12.9 Å². The number of hydrogen-bond acceptors (Lipinski definition) is 5. The van der Waals surface area contributed by atoms with Gasteiger partial charge in [-0.3, -0.25) is 4.79 Å². The predicted molar refractivity (Wildman–Crippen MR) is 117 cm³/mol. The van der Waals surface area contributed by atoms with Crippen molar-refractivity contribution in [1.82, 2.24) is 19.3 Å². The maximum absolute atomic E-state index is 13.1. The lowest BCUT2D eigenvalue weighted by molar-refractivity contribution is 0.102. The molecule has 0 atom stereocenters. The third kappa shape index (κ3) is 3.55. The lowest BCUT2D eigenvalue weighted by Gasteiger charge is -2.11. The van der Waals surface area contributed by atoms with E-state index in [-0.39, 0.29) is 5.78 Å². The summed E-state index contributed by atoms with van der Waals surface area (Å²) in [5.41, 5.74) is 3.81. The first-order valence-corrected chi connectivity index (χ1v) is 11.5. The second-order valence-corrected chi connectivity index (χ2v) is 9.19. The number of Topliss-reactive ketones (excluding diaryl/α,β-unsaturated/α-hetero) is 1. The molecule has 2 heterocycles. The first-order valence-electron chi connectivity index (χ1n) is 10.5. The zero-order valence-electron chi connectivity index (χ0n) is 17.6. The number of carbonyl (C=O) groups is 1. The third-order valence-corrected chi connectivity index (χ3v) is 6.88.